The van der Waals surface area contributed by atoms with Crippen molar-refractivity contribution in [3.63, 3.8) is 0 Å². The zero-order valence-electron chi connectivity index (χ0n) is 28.7. The second-order valence-corrected chi connectivity index (χ2v) is 14.1. The number of unbranched alkanes of at least 4 members (excludes halogenated alkanes) is 16. The fraction of sp³-hybridized carbons (Fsp3) is 0.700. The van der Waals surface area contributed by atoms with E-state index in [1.165, 1.54) is 186 Å². The quantitative estimate of drug-likeness (QED) is 0.0839. The van der Waals surface area contributed by atoms with Crippen molar-refractivity contribution in [1.82, 2.24) is 0 Å². The second-order valence-electron chi connectivity index (χ2n) is 13.0. The van der Waals surface area contributed by atoms with E-state index in [2.05, 4.69) is 73.9 Å². The van der Waals surface area contributed by atoms with Crippen LogP contribution in [0, 0.1) is 0 Å². The van der Waals surface area contributed by atoms with E-state index in [1.807, 2.05) is 11.3 Å². The number of anilines is 2. The van der Waals surface area contributed by atoms with Crippen LogP contribution in [0.15, 0.2) is 36.4 Å². The molecule has 0 saturated carbocycles. The highest BCUT2D eigenvalue weighted by Crippen LogP contribution is 2.44. The van der Waals surface area contributed by atoms with Crippen LogP contribution >= 0.6 is 11.3 Å². The van der Waals surface area contributed by atoms with Crippen LogP contribution in [0.25, 0.3) is 20.2 Å². The molecule has 0 amide bonds. The van der Waals surface area contributed by atoms with Crippen LogP contribution in [0.1, 0.15) is 156 Å². The third kappa shape index (κ3) is 11.9. The second kappa shape index (κ2) is 21.9. The molecule has 0 atom stereocenters. The first-order chi connectivity index (χ1) is 21.2. The summed E-state index contributed by atoms with van der Waals surface area (Å²) < 4.78 is 2.93. The van der Waals surface area contributed by atoms with Crippen molar-refractivity contribution in [1.29, 1.82) is 0 Å². The number of hydrogen-bond acceptors (Lipinski definition) is 3. The Morgan fingerprint density at radius 1 is 0.395 bits per heavy atom. The molecule has 3 aromatic rings. The predicted octanol–water partition coefficient (Wildman–Crippen LogP) is 13.5. The normalized spacial score (nSPS) is 11.6. The molecule has 3 heteroatoms. The van der Waals surface area contributed by atoms with Crippen molar-refractivity contribution in [2.24, 2.45) is 0 Å². The van der Waals surface area contributed by atoms with Crippen molar-refractivity contribution >= 4 is 42.9 Å². The minimum atomic E-state index is 1.19. The van der Waals surface area contributed by atoms with Gasteiger partial charge in [-0.25, -0.2) is 0 Å². The van der Waals surface area contributed by atoms with Gasteiger partial charge in [0.2, 0.25) is 0 Å². The smallest absolute Gasteiger partial charge is 0.0461 e. The van der Waals surface area contributed by atoms with E-state index in [0.717, 1.165) is 0 Å². The Labute approximate surface area is 270 Å². The average Bonchev–Trinajstić information content (AvgIpc) is 3.42. The van der Waals surface area contributed by atoms with Crippen LogP contribution in [0.2, 0.25) is 0 Å². The van der Waals surface area contributed by atoms with Gasteiger partial charge in [-0.1, -0.05) is 143 Å². The lowest BCUT2D eigenvalue weighted by Gasteiger charge is -2.28. The van der Waals surface area contributed by atoms with Gasteiger partial charge in [0.05, 0.1) is 0 Å². The van der Waals surface area contributed by atoms with Gasteiger partial charge in [-0.05, 0) is 49.9 Å². The molecule has 2 aromatic carbocycles. The lowest BCUT2D eigenvalue weighted by Crippen LogP contribution is -2.27. The Balaban J connectivity index is 1.94. The Morgan fingerprint density at radius 2 is 0.698 bits per heavy atom. The molecule has 1 aromatic heterocycles. The minimum absolute atomic E-state index is 1.19. The minimum Gasteiger partial charge on any atom is -0.371 e. The van der Waals surface area contributed by atoms with Crippen LogP contribution in [-0.4, -0.2) is 26.2 Å². The van der Waals surface area contributed by atoms with Crippen molar-refractivity contribution in [3.05, 3.63) is 36.4 Å². The first-order valence-electron chi connectivity index (χ1n) is 18.7. The third-order valence-corrected chi connectivity index (χ3v) is 10.4. The standard InChI is InChI=1S/C40H66N2S/c1-5-9-13-17-21-31-41(32-22-18-14-10-6-2)35-27-25-29-37-39(35)40-36(28-26-30-38(40)43-37)42(33-23-19-15-11-7-3)34-24-20-16-12-8-4/h25-30H,5-24,31-34H2,1-4H3. The SMILES string of the molecule is CCCCCCCN(CCCCCCC)c1cccc2sc3cccc(N(CCCCCCC)CCCCCCC)c3c12. The molecule has 0 unspecified atom stereocenters. The summed E-state index contributed by atoms with van der Waals surface area (Å²) in [6, 6.07) is 14.3. The molecule has 0 aliphatic rings. The summed E-state index contributed by atoms with van der Waals surface area (Å²) in [6.07, 6.45) is 26.9. The molecule has 3 rings (SSSR count). The van der Waals surface area contributed by atoms with E-state index in [-0.39, 0.29) is 0 Å². The van der Waals surface area contributed by atoms with E-state index in [0.29, 0.717) is 0 Å². The maximum Gasteiger partial charge on any atom is 0.0461 e. The summed E-state index contributed by atoms with van der Waals surface area (Å²) in [7, 11) is 0. The van der Waals surface area contributed by atoms with Gasteiger partial charge in [0.25, 0.3) is 0 Å². The number of rotatable bonds is 26. The van der Waals surface area contributed by atoms with Crippen LogP contribution in [0.3, 0.4) is 0 Å². The molecule has 43 heavy (non-hydrogen) atoms. The lowest BCUT2D eigenvalue weighted by atomic mass is 10.0. The predicted molar refractivity (Wildman–Crippen MR) is 199 cm³/mol. The van der Waals surface area contributed by atoms with Gasteiger partial charge in [-0.2, -0.15) is 0 Å². The molecule has 2 nitrogen and oxygen atoms in total. The van der Waals surface area contributed by atoms with E-state index >= 15 is 0 Å². The average molecular weight is 607 g/mol. The number of hydrogen-bond donors (Lipinski definition) is 0. The molecule has 0 N–H and O–H groups in total. The molecule has 0 bridgehead atoms. The highest BCUT2D eigenvalue weighted by molar-refractivity contribution is 7.26. The first kappa shape index (κ1) is 35.7. The summed E-state index contributed by atoms with van der Waals surface area (Å²) in [5.41, 5.74) is 2.99. The molecular weight excluding hydrogens is 541 g/mol. The molecule has 0 spiro atoms. The van der Waals surface area contributed by atoms with Crippen LogP contribution in [0.5, 0.6) is 0 Å². The number of nitrogens with zero attached hydrogens (tertiary/aromatic N) is 2. The molecule has 0 saturated heterocycles. The van der Waals surface area contributed by atoms with Crippen molar-refractivity contribution < 1.29 is 0 Å². The van der Waals surface area contributed by atoms with Crippen molar-refractivity contribution in [2.75, 3.05) is 36.0 Å². The van der Waals surface area contributed by atoms with Gasteiger partial charge >= 0.3 is 0 Å². The van der Waals surface area contributed by atoms with Gasteiger partial charge in [-0.3, -0.25) is 0 Å². The highest BCUT2D eigenvalue weighted by Gasteiger charge is 2.19. The number of thiophene rings is 1. The maximum absolute atomic E-state index is 2.78. The topological polar surface area (TPSA) is 6.48 Å². The Bertz CT molecular complexity index is 1000. The number of benzene rings is 2. The fourth-order valence-corrected chi connectivity index (χ4v) is 7.84. The summed E-state index contributed by atoms with van der Waals surface area (Å²) in [5, 5.41) is 3.06. The van der Waals surface area contributed by atoms with Gasteiger partial charge in [0.1, 0.15) is 0 Å². The molecule has 0 aliphatic carbocycles. The first-order valence-corrected chi connectivity index (χ1v) is 19.5. The van der Waals surface area contributed by atoms with E-state index < -0.39 is 0 Å². The van der Waals surface area contributed by atoms with Gasteiger partial charge < -0.3 is 9.80 Å². The Hall–Kier alpha value is -1.74. The third-order valence-electron chi connectivity index (χ3n) is 9.29. The maximum atomic E-state index is 2.78. The summed E-state index contributed by atoms with van der Waals surface area (Å²) in [6.45, 7) is 14.0. The molecule has 0 fully saturated rings. The van der Waals surface area contributed by atoms with E-state index in [4.69, 9.17) is 0 Å². The van der Waals surface area contributed by atoms with E-state index in [9.17, 15) is 0 Å². The zero-order valence-corrected chi connectivity index (χ0v) is 29.6. The van der Waals surface area contributed by atoms with Crippen molar-refractivity contribution in [3.8, 4) is 0 Å². The van der Waals surface area contributed by atoms with E-state index in [1.54, 1.807) is 0 Å². The van der Waals surface area contributed by atoms with Crippen molar-refractivity contribution in [2.45, 2.75) is 156 Å². The summed E-state index contributed by atoms with van der Waals surface area (Å²) >= 11 is 2.01. The largest absolute Gasteiger partial charge is 0.371 e. The van der Waals surface area contributed by atoms with Gasteiger partial charge in [-0.15, -0.1) is 11.3 Å². The molecule has 0 aliphatic heterocycles. The monoisotopic (exact) mass is 606 g/mol. The van der Waals surface area contributed by atoms with Gasteiger partial charge in [0.15, 0.2) is 0 Å². The molecule has 242 valence electrons. The zero-order chi connectivity index (χ0) is 30.5. The van der Waals surface area contributed by atoms with Crippen LogP contribution in [0.4, 0.5) is 11.4 Å². The highest BCUT2D eigenvalue weighted by atomic mass is 32.1. The van der Waals surface area contributed by atoms with Gasteiger partial charge in [0, 0.05) is 57.7 Å². The summed E-state index contributed by atoms with van der Waals surface area (Å²) in [4.78, 5) is 5.56. The fourth-order valence-electron chi connectivity index (χ4n) is 6.69. The lowest BCUT2D eigenvalue weighted by molar-refractivity contribution is 0.589. The van der Waals surface area contributed by atoms with Crippen LogP contribution in [-0.2, 0) is 0 Å². The van der Waals surface area contributed by atoms with Crippen LogP contribution < -0.4 is 9.80 Å². The number of fused-ring (bicyclic) bond motifs is 3. The molecular formula is C40H66N2S. The Kier molecular flexibility index (Phi) is 18.2. The molecule has 1 heterocycles. The molecule has 0 radical (unpaired) electrons. The Morgan fingerprint density at radius 3 is 1.00 bits per heavy atom. The summed E-state index contributed by atoms with van der Waals surface area (Å²) in [5.74, 6) is 0.